The predicted octanol–water partition coefficient (Wildman–Crippen LogP) is 2.67. The third kappa shape index (κ3) is 2.55. The highest BCUT2D eigenvalue weighted by molar-refractivity contribution is 8.00. The van der Waals surface area contributed by atoms with Crippen LogP contribution in [-0.4, -0.2) is 34.2 Å². The number of rotatable bonds is 2. The Morgan fingerprint density at radius 3 is 3.05 bits per heavy atom. The molecule has 3 nitrogen and oxygen atoms in total. The maximum absolute atomic E-state index is 9.60. The second-order valence-corrected chi connectivity index (χ2v) is 6.50. The normalized spacial score (nSPS) is 19.9. The number of hydrogen-bond acceptors (Lipinski definition) is 4. The zero-order chi connectivity index (χ0) is 13.2. The fraction of sp³-hybridized carbons (Fsp3) is 0.400. The quantitative estimate of drug-likeness (QED) is 0.913. The largest absolute Gasteiger partial charge is 0.392 e. The summed E-state index contributed by atoms with van der Waals surface area (Å²) in [7, 11) is 0. The van der Waals surface area contributed by atoms with E-state index in [1.54, 1.807) is 0 Å². The van der Waals surface area contributed by atoms with Gasteiger partial charge in [0.2, 0.25) is 0 Å². The van der Waals surface area contributed by atoms with Crippen LogP contribution in [0.25, 0.3) is 10.9 Å². The molecular formula is C15H18N2OS. The summed E-state index contributed by atoms with van der Waals surface area (Å²) in [6, 6.07) is 10.1. The standard InChI is InChI=1S/C15H18N2OS/c1-11-9-17(6-7-19-11)15-13(10-18)8-12-4-2-3-5-14(12)16-15/h2-5,8,11,18H,6-7,9-10H2,1H3/t11-/m0/s1. The highest BCUT2D eigenvalue weighted by Gasteiger charge is 2.20. The first-order valence-corrected chi connectivity index (χ1v) is 7.69. The molecule has 1 aliphatic heterocycles. The summed E-state index contributed by atoms with van der Waals surface area (Å²) in [5.41, 5.74) is 1.93. The summed E-state index contributed by atoms with van der Waals surface area (Å²) in [4.78, 5) is 7.07. The number of nitrogens with zero attached hydrogens (tertiary/aromatic N) is 2. The summed E-state index contributed by atoms with van der Waals surface area (Å²) in [5, 5.41) is 11.3. The summed E-state index contributed by atoms with van der Waals surface area (Å²) in [6.45, 7) is 4.30. The van der Waals surface area contributed by atoms with Crippen LogP contribution in [0.5, 0.6) is 0 Å². The van der Waals surface area contributed by atoms with Gasteiger partial charge >= 0.3 is 0 Å². The molecule has 4 heteroatoms. The Bertz CT molecular complexity index is 587. The monoisotopic (exact) mass is 274 g/mol. The van der Waals surface area contributed by atoms with E-state index < -0.39 is 0 Å². The fourth-order valence-corrected chi connectivity index (χ4v) is 3.56. The van der Waals surface area contributed by atoms with Crippen LogP contribution < -0.4 is 4.90 Å². The van der Waals surface area contributed by atoms with Crippen molar-refractivity contribution >= 4 is 28.5 Å². The van der Waals surface area contributed by atoms with E-state index in [1.165, 1.54) is 0 Å². The maximum atomic E-state index is 9.60. The molecule has 0 unspecified atom stereocenters. The molecule has 19 heavy (non-hydrogen) atoms. The second-order valence-electron chi connectivity index (χ2n) is 4.95. The van der Waals surface area contributed by atoms with E-state index in [4.69, 9.17) is 4.98 Å². The molecule has 1 atom stereocenters. The first kappa shape index (κ1) is 12.8. The molecule has 1 saturated heterocycles. The van der Waals surface area contributed by atoms with Gasteiger partial charge in [-0.15, -0.1) is 0 Å². The van der Waals surface area contributed by atoms with E-state index in [2.05, 4.69) is 17.9 Å². The smallest absolute Gasteiger partial charge is 0.134 e. The SMILES string of the molecule is C[C@H]1CN(c2nc3ccccc3cc2CO)CCS1. The van der Waals surface area contributed by atoms with Gasteiger partial charge in [-0.25, -0.2) is 4.98 Å². The summed E-state index contributed by atoms with van der Waals surface area (Å²) in [6.07, 6.45) is 0. The fourth-order valence-electron chi connectivity index (χ4n) is 2.55. The first-order valence-electron chi connectivity index (χ1n) is 6.64. The average Bonchev–Trinajstić information content (AvgIpc) is 2.46. The van der Waals surface area contributed by atoms with Crippen LogP contribution in [0.3, 0.4) is 0 Å². The van der Waals surface area contributed by atoms with Crippen molar-refractivity contribution in [2.24, 2.45) is 0 Å². The number of fused-ring (bicyclic) bond motifs is 1. The topological polar surface area (TPSA) is 36.4 Å². The zero-order valence-electron chi connectivity index (χ0n) is 11.0. The molecule has 1 aromatic heterocycles. The lowest BCUT2D eigenvalue weighted by atomic mass is 10.1. The number of thioether (sulfide) groups is 1. The van der Waals surface area contributed by atoms with Crippen molar-refractivity contribution in [3.05, 3.63) is 35.9 Å². The molecule has 0 radical (unpaired) electrons. The third-order valence-corrected chi connectivity index (χ3v) is 4.63. The number of anilines is 1. The van der Waals surface area contributed by atoms with Gasteiger partial charge in [0.25, 0.3) is 0 Å². The molecule has 2 heterocycles. The molecule has 0 bridgehead atoms. The van der Waals surface area contributed by atoms with Crippen LogP contribution in [0, 0.1) is 0 Å². The minimum Gasteiger partial charge on any atom is -0.392 e. The molecule has 0 aliphatic carbocycles. The van der Waals surface area contributed by atoms with Crippen molar-refractivity contribution in [2.75, 3.05) is 23.7 Å². The van der Waals surface area contributed by atoms with Crippen molar-refractivity contribution in [2.45, 2.75) is 18.8 Å². The van der Waals surface area contributed by atoms with Gasteiger partial charge in [-0.05, 0) is 12.1 Å². The molecule has 1 fully saturated rings. The minimum atomic E-state index is 0.0468. The van der Waals surface area contributed by atoms with Crippen molar-refractivity contribution in [3.8, 4) is 0 Å². The van der Waals surface area contributed by atoms with Gasteiger partial charge < -0.3 is 10.0 Å². The van der Waals surface area contributed by atoms with Gasteiger partial charge in [0, 0.05) is 35.0 Å². The van der Waals surface area contributed by atoms with Crippen molar-refractivity contribution in [3.63, 3.8) is 0 Å². The lowest BCUT2D eigenvalue weighted by Gasteiger charge is -2.32. The number of benzene rings is 1. The summed E-state index contributed by atoms with van der Waals surface area (Å²) >= 11 is 2.00. The summed E-state index contributed by atoms with van der Waals surface area (Å²) < 4.78 is 0. The molecule has 0 spiro atoms. The summed E-state index contributed by atoms with van der Waals surface area (Å²) in [5.74, 6) is 2.08. The van der Waals surface area contributed by atoms with E-state index in [0.717, 1.165) is 41.1 Å². The van der Waals surface area contributed by atoms with E-state index in [0.29, 0.717) is 5.25 Å². The minimum absolute atomic E-state index is 0.0468. The van der Waals surface area contributed by atoms with Gasteiger partial charge in [-0.3, -0.25) is 0 Å². The van der Waals surface area contributed by atoms with Crippen LogP contribution in [-0.2, 0) is 6.61 Å². The Labute approximate surface area is 117 Å². The molecule has 100 valence electrons. The Kier molecular flexibility index (Phi) is 3.62. The lowest BCUT2D eigenvalue weighted by molar-refractivity contribution is 0.282. The number of aliphatic hydroxyl groups excluding tert-OH is 1. The van der Waals surface area contributed by atoms with E-state index in [1.807, 2.05) is 36.0 Å². The third-order valence-electron chi connectivity index (χ3n) is 3.49. The van der Waals surface area contributed by atoms with Crippen molar-refractivity contribution in [1.29, 1.82) is 0 Å². The molecule has 3 rings (SSSR count). The molecular weight excluding hydrogens is 256 g/mol. The van der Waals surface area contributed by atoms with E-state index >= 15 is 0 Å². The molecule has 2 aromatic rings. The van der Waals surface area contributed by atoms with Gasteiger partial charge in [0.1, 0.15) is 5.82 Å². The molecule has 1 aromatic carbocycles. The zero-order valence-corrected chi connectivity index (χ0v) is 11.9. The molecule has 1 aliphatic rings. The number of aromatic nitrogens is 1. The Morgan fingerprint density at radius 1 is 1.42 bits per heavy atom. The number of hydrogen-bond donors (Lipinski definition) is 1. The van der Waals surface area contributed by atoms with E-state index in [-0.39, 0.29) is 6.61 Å². The van der Waals surface area contributed by atoms with Crippen molar-refractivity contribution < 1.29 is 5.11 Å². The van der Waals surface area contributed by atoms with Crippen molar-refractivity contribution in [1.82, 2.24) is 4.98 Å². The van der Waals surface area contributed by atoms with Crippen LogP contribution in [0.1, 0.15) is 12.5 Å². The lowest BCUT2D eigenvalue weighted by Crippen LogP contribution is -2.37. The van der Waals surface area contributed by atoms with Gasteiger partial charge in [0.05, 0.1) is 12.1 Å². The van der Waals surface area contributed by atoms with Crippen LogP contribution in [0.15, 0.2) is 30.3 Å². The number of pyridine rings is 1. The number of aliphatic hydroxyl groups is 1. The average molecular weight is 274 g/mol. The highest BCUT2D eigenvalue weighted by Crippen LogP contribution is 2.28. The predicted molar refractivity (Wildman–Crippen MR) is 81.8 cm³/mol. The molecule has 0 saturated carbocycles. The maximum Gasteiger partial charge on any atom is 0.134 e. The first-order chi connectivity index (χ1) is 9.28. The Hall–Kier alpha value is -1.26. The van der Waals surface area contributed by atoms with Gasteiger partial charge in [0.15, 0.2) is 0 Å². The highest BCUT2D eigenvalue weighted by atomic mass is 32.2. The molecule has 0 amide bonds. The van der Waals surface area contributed by atoms with Gasteiger partial charge in [-0.1, -0.05) is 25.1 Å². The second kappa shape index (κ2) is 5.39. The van der Waals surface area contributed by atoms with Crippen LogP contribution in [0.4, 0.5) is 5.82 Å². The van der Waals surface area contributed by atoms with Crippen LogP contribution in [0.2, 0.25) is 0 Å². The van der Waals surface area contributed by atoms with Crippen LogP contribution >= 0.6 is 11.8 Å². The molecule has 1 N–H and O–H groups in total. The van der Waals surface area contributed by atoms with Gasteiger partial charge in [-0.2, -0.15) is 11.8 Å². The number of para-hydroxylation sites is 1. The Morgan fingerprint density at radius 2 is 2.26 bits per heavy atom. The van der Waals surface area contributed by atoms with E-state index in [9.17, 15) is 5.11 Å². The Balaban J connectivity index is 2.05.